The molecule has 0 aliphatic carbocycles. The lowest BCUT2D eigenvalue weighted by Gasteiger charge is -2.14. The zero-order valence-corrected chi connectivity index (χ0v) is 12.8. The summed E-state index contributed by atoms with van der Waals surface area (Å²) in [5, 5.41) is 7.14. The van der Waals surface area contributed by atoms with Crippen LogP contribution in [-0.4, -0.2) is 30.2 Å². The average molecular weight is 290 g/mol. The quantitative estimate of drug-likeness (QED) is 0.837. The van der Waals surface area contributed by atoms with Crippen molar-refractivity contribution in [3.63, 3.8) is 0 Å². The Bertz CT molecular complexity index is 588. The number of aromatic nitrogens is 5. The lowest BCUT2D eigenvalue weighted by molar-refractivity contribution is -0.122. The molecule has 0 saturated heterocycles. The molecule has 0 bridgehead atoms. The van der Waals surface area contributed by atoms with E-state index in [0.717, 1.165) is 24.6 Å². The van der Waals surface area contributed by atoms with Gasteiger partial charge in [-0.15, -0.1) is 0 Å². The molecule has 2 aromatic rings. The number of hydrogen-bond acceptors (Lipinski definition) is 4. The number of carbonyl (C=O) groups excluding carboxylic acids is 1. The van der Waals surface area contributed by atoms with E-state index in [1.807, 2.05) is 29.3 Å². The largest absolute Gasteiger partial charge is 0.346 e. The minimum atomic E-state index is -0.143. The molecule has 0 aliphatic heterocycles. The maximum absolute atomic E-state index is 12.0. The molecule has 1 N–H and O–H groups in total. The summed E-state index contributed by atoms with van der Waals surface area (Å²) < 4.78 is 3.80. The molecule has 1 unspecified atom stereocenters. The second-order valence-electron chi connectivity index (χ2n) is 5.05. The molecule has 0 aliphatic rings. The number of imidazole rings is 1. The highest BCUT2D eigenvalue weighted by Crippen LogP contribution is 2.09. The van der Waals surface area contributed by atoms with Crippen molar-refractivity contribution in [1.29, 1.82) is 0 Å². The van der Waals surface area contributed by atoms with E-state index in [2.05, 4.69) is 27.3 Å². The van der Waals surface area contributed by atoms with Gasteiger partial charge in [-0.25, -0.2) is 14.6 Å². The maximum atomic E-state index is 12.0. The summed E-state index contributed by atoms with van der Waals surface area (Å²) in [4.78, 5) is 20.4. The molecule has 2 heterocycles. The van der Waals surface area contributed by atoms with Gasteiger partial charge in [0, 0.05) is 31.9 Å². The normalized spacial score (nSPS) is 12.3. The Hall–Kier alpha value is -2.18. The molecular formula is C14H22N6O. The lowest BCUT2D eigenvalue weighted by Crippen LogP contribution is -2.29. The van der Waals surface area contributed by atoms with Gasteiger partial charge in [0.1, 0.15) is 18.0 Å². The summed E-state index contributed by atoms with van der Waals surface area (Å²) in [5.41, 5.74) is 0. The first-order chi connectivity index (χ1) is 10.1. The minimum Gasteiger partial charge on any atom is -0.346 e. The Morgan fingerprint density at radius 3 is 2.86 bits per heavy atom. The first kappa shape index (κ1) is 15.2. The van der Waals surface area contributed by atoms with Crippen molar-refractivity contribution < 1.29 is 4.79 Å². The standard InChI is InChI=1S/C14H22N6O/c1-4-7-20-14(16-10-17-20)11(2)18-13(21)5-8-19-9-6-15-12(19)3/h6,9-11H,4-5,7-8H2,1-3H3,(H,18,21). The molecular weight excluding hydrogens is 268 g/mol. The highest BCUT2D eigenvalue weighted by Gasteiger charge is 2.15. The van der Waals surface area contributed by atoms with Crippen molar-refractivity contribution in [3.05, 3.63) is 30.4 Å². The first-order valence-electron chi connectivity index (χ1n) is 7.26. The Morgan fingerprint density at radius 2 is 2.19 bits per heavy atom. The second kappa shape index (κ2) is 7.01. The lowest BCUT2D eigenvalue weighted by atomic mass is 10.3. The summed E-state index contributed by atoms with van der Waals surface area (Å²) >= 11 is 0. The number of amides is 1. The van der Waals surface area contributed by atoms with Crippen molar-refractivity contribution >= 4 is 5.91 Å². The van der Waals surface area contributed by atoms with Gasteiger partial charge in [-0.05, 0) is 20.3 Å². The van der Waals surface area contributed by atoms with Crippen LogP contribution in [0.1, 0.15) is 44.4 Å². The van der Waals surface area contributed by atoms with Gasteiger partial charge in [-0.1, -0.05) is 6.92 Å². The van der Waals surface area contributed by atoms with E-state index in [0.29, 0.717) is 13.0 Å². The molecule has 1 amide bonds. The van der Waals surface area contributed by atoms with Gasteiger partial charge >= 0.3 is 0 Å². The molecule has 0 spiro atoms. The van der Waals surface area contributed by atoms with Crippen molar-refractivity contribution in [2.24, 2.45) is 0 Å². The zero-order chi connectivity index (χ0) is 15.2. The monoisotopic (exact) mass is 290 g/mol. The molecule has 0 fully saturated rings. The molecule has 0 aromatic carbocycles. The Kier molecular flexibility index (Phi) is 5.08. The van der Waals surface area contributed by atoms with Gasteiger partial charge < -0.3 is 9.88 Å². The molecule has 0 saturated carbocycles. The van der Waals surface area contributed by atoms with Crippen LogP contribution in [-0.2, 0) is 17.9 Å². The summed E-state index contributed by atoms with van der Waals surface area (Å²) in [7, 11) is 0. The SMILES string of the molecule is CCCn1ncnc1C(C)NC(=O)CCn1ccnc1C. The van der Waals surface area contributed by atoms with Gasteiger partial charge in [-0.2, -0.15) is 5.10 Å². The zero-order valence-electron chi connectivity index (χ0n) is 12.8. The predicted octanol–water partition coefficient (Wildman–Crippen LogP) is 1.46. The van der Waals surface area contributed by atoms with Crippen LogP contribution in [0.3, 0.4) is 0 Å². The molecule has 7 heteroatoms. The average Bonchev–Trinajstić information content (AvgIpc) is 3.06. The van der Waals surface area contributed by atoms with Gasteiger partial charge in [0.15, 0.2) is 0 Å². The van der Waals surface area contributed by atoms with Crippen LogP contribution in [0.4, 0.5) is 0 Å². The third kappa shape index (κ3) is 3.90. The van der Waals surface area contributed by atoms with Gasteiger partial charge in [0.2, 0.25) is 5.91 Å². The van der Waals surface area contributed by atoms with Crippen LogP contribution in [0.25, 0.3) is 0 Å². The summed E-state index contributed by atoms with van der Waals surface area (Å²) in [6.45, 7) is 7.38. The van der Waals surface area contributed by atoms with Crippen LogP contribution in [0.5, 0.6) is 0 Å². The van der Waals surface area contributed by atoms with Crippen LogP contribution < -0.4 is 5.32 Å². The fraction of sp³-hybridized carbons (Fsp3) is 0.571. The van der Waals surface area contributed by atoms with Gasteiger partial charge in [0.05, 0.1) is 6.04 Å². The highest BCUT2D eigenvalue weighted by atomic mass is 16.1. The Morgan fingerprint density at radius 1 is 1.38 bits per heavy atom. The van der Waals surface area contributed by atoms with E-state index < -0.39 is 0 Å². The number of aryl methyl sites for hydroxylation is 3. The van der Waals surface area contributed by atoms with E-state index in [-0.39, 0.29) is 11.9 Å². The van der Waals surface area contributed by atoms with Crippen molar-refractivity contribution in [2.75, 3.05) is 0 Å². The molecule has 1 atom stereocenters. The van der Waals surface area contributed by atoms with Crippen LogP contribution >= 0.6 is 0 Å². The van der Waals surface area contributed by atoms with Gasteiger partial charge in [-0.3, -0.25) is 4.79 Å². The van der Waals surface area contributed by atoms with E-state index in [9.17, 15) is 4.79 Å². The molecule has 114 valence electrons. The Labute approximate surface area is 124 Å². The van der Waals surface area contributed by atoms with Crippen LogP contribution in [0.15, 0.2) is 18.7 Å². The molecule has 21 heavy (non-hydrogen) atoms. The third-order valence-electron chi connectivity index (χ3n) is 3.35. The van der Waals surface area contributed by atoms with Crippen molar-refractivity contribution in [2.45, 2.75) is 52.7 Å². The predicted molar refractivity (Wildman–Crippen MR) is 78.5 cm³/mol. The number of nitrogens with zero attached hydrogens (tertiary/aromatic N) is 5. The number of hydrogen-bond donors (Lipinski definition) is 1. The number of nitrogens with one attached hydrogen (secondary N) is 1. The van der Waals surface area contributed by atoms with E-state index in [1.165, 1.54) is 6.33 Å². The van der Waals surface area contributed by atoms with Crippen LogP contribution in [0.2, 0.25) is 0 Å². The Balaban J connectivity index is 1.87. The summed E-state index contributed by atoms with van der Waals surface area (Å²) in [6, 6.07) is -0.143. The smallest absolute Gasteiger partial charge is 0.222 e. The minimum absolute atomic E-state index is 0.00153. The third-order valence-corrected chi connectivity index (χ3v) is 3.35. The van der Waals surface area contributed by atoms with Crippen molar-refractivity contribution in [3.8, 4) is 0 Å². The van der Waals surface area contributed by atoms with E-state index in [4.69, 9.17) is 0 Å². The molecule has 2 rings (SSSR count). The van der Waals surface area contributed by atoms with Crippen LogP contribution in [0, 0.1) is 6.92 Å². The maximum Gasteiger partial charge on any atom is 0.222 e. The second-order valence-corrected chi connectivity index (χ2v) is 5.05. The summed E-state index contributed by atoms with van der Waals surface area (Å²) in [6.07, 6.45) is 6.55. The molecule has 0 radical (unpaired) electrons. The molecule has 7 nitrogen and oxygen atoms in total. The van der Waals surface area contributed by atoms with E-state index >= 15 is 0 Å². The molecule has 2 aromatic heterocycles. The topological polar surface area (TPSA) is 77.6 Å². The van der Waals surface area contributed by atoms with E-state index in [1.54, 1.807) is 6.20 Å². The first-order valence-corrected chi connectivity index (χ1v) is 7.26. The summed E-state index contributed by atoms with van der Waals surface area (Å²) in [5.74, 6) is 1.71. The van der Waals surface area contributed by atoms with Crippen molar-refractivity contribution in [1.82, 2.24) is 29.6 Å². The fourth-order valence-electron chi connectivity index (χ4n) is 2.23. The number of rotatable bonds is 7. The fourth-order valence-corrected chi connectivity index (χ4v) is 2.23. The number of carbonyl (C=O) groups is 1. The van der Waals surface area contributed by atoms with Gasteiger partial charge in [0.25, 0.3) is 0 Å². The highest BCUT2D eigenvalue weighted by molar-refractivity contribution is 5.76.